The van der Waals surface area contributed by atoms with Gasteiger partial charge in [-0.15, -0.1) is 11.3 Å². The lowest BCUT2D eigenvalue weighted by Gasteiger charge is -2.40. The van der Waals surface area contributed by atoms with Crippen molar-refractivity contribution in [3.8, 4) is 0 Å². The molecule has 2 aliphatic heterocycles. The fourth-order valence-corrected chi connectivity index (χ4v) is 5.00. The molecule has 29 heavy (non-hydrogen) atoms. The highest BCUT2D eigenvalue weighted by atomic mass is 32.1. The van der Waals surface area contributed by atoms with Gasteiger partial charge in [-0.1, -0.05) is 13.0 Å². The highest BCUT2D eigenvalue weighted by Gasteiger charge is 2.46. The number of halogens is 2. The molecule has 1 amide bonds. The third-order valence-corrected chi connectivity index (χ3v) is 6.97. The minimum atomic E-state index is -0.985. The summed E-state index contributed by atoms with van der Waals surface area (Å²) in [6, 6.07) is 2.51. The van der Waals surface area contributed by atoms with E-state index in [0.29, 0.717) is 11.2 Å². The molecule has 1 saturated heterocycles. The van der Waals surface area contributed by atoms with Gasteiger partial charge in [0, 0.05) is 28.5 Å². The molecule has 4 heterocycles. The maximum absolute atomic E-state index is 13.8. The van der Waals surface area contributed by atoms with Crippen LogP contribution in [-0.4, -0.2) is 35.1 Å². The van der Waals surface area contributed by atoms with Crippen LogP contribution >= 0.6 is 11.3 Å². The predicted molar refractivity (Wildman–Crippen MR) is 105 cm³/mol. The third kappa shape index (κ3) is 3.03. The van der Waals surface area contributed by atoms with E-state index in [1.54, 1.807) is 0 Å². The first-order chi connectivity index (χ1) is 13.8. The maximum Gasteiger partial charge on any atom is 0.241 e. The first-order valence-corrected chi connectivity index (χ1v) is 10.4. The molecule has 5 rings (SSSR count). The van der Waals surface area contributed by atoms with Crippen LogP contribution in [0.3, 0.4) is 0 Å². The Morgan fingerprint density at radius 2 is 2.03 bits per heavy atom. The summed E-state index contributed by atoms with van der Waals surface area (Å²) in [5.74, 6) is -2.62. The predicted octanol–water partition coefficient (Wildman–Crippen LogP) is 3.55. The van der Waals surface area contributed by atoms with Crippen LogP contribution in [0.5, 0.6) is 0 Å². The number of amides is 1. The van der Waals surface area contributed by atoms with E-state index in [1.165, 1.54) is 16.2 Å². The minimum absolute atomic E-state index is 0.0765. The molecule has 2 unspecified atom stereocenters. The standard InChI is InChI=1S/C20H20F2N4O2S/c1-10-17(13-7-20(2)4-3-14(20)23-13)25-19(29-10)26(18(27)11-8-28-9-11)12-5-15(21)24-16(22)6-12/h5-7,11,14,23H,3-4,8-9H2,1-2H3. The molecule has 2 atom stereocenters. The maximum atomic E-state index is 13.8. The van der Waals surface area contributed by atoms with E-state index in [1.807, 2.05) is 6.92 Å². The van der Waals surface area contributed by atoms with Gasteiger partial charge in [-0.05, 0) is 19.8 Å². The summed E-state index contributed by atoms with van der Waals surface area (Å²) in [5.41, 5.74) is 1.95. The molecular weight excluding hydrogens is 398 g/mol. The van der Waals surface area contributed by atoms with Crippen LogP contribution in [0, 0.1) is 30.2 Å². The number of aromatic nitrogens is 2. The second-order valence-electron chi connectivity index (χ2n) is 8.08. The van der Waals surface area contributed by atoms with Crippen molar-refractivity contribution in [2.75, 3.05) is 18.1 Å². The molecule has 152 valence electrons. The van der Waals surface area contributed by atoms with Crippen LogP contribution in [0.25, 0.3) is 5.70 Å². The number of rotatable bonds is 4. The van der Waals surface area contributed by atoms with Crippen LogP contribution < -0.4 is 10.2 Å². The molecule has 2 aromatic heterocycles. The molecule has 0 spiro atoms. The van der Waals surface area contributed by atoms with Crippen molar-refractivity contribution in [2.45, 2.75) is 32.7 Å². The summed E-state index contributed by atoms with van der Waals surface area (Å²) in [6.07, 6.45) is 4.46. The Bertz CT molecular complexity index is 1020. The second-order valence-corrected chi connectivity index (χ2v) is 9.26. The lowest BCUT2D eigenvalue weighted by molar-refractivity contribution is -0.135. The number of anilines is 2. The third-order valence-electron chi connectivity index (χ3n) is 6.02. The quantitative estimate of drug-likeness (QED) is 0.770. The molecule has 2 fully saturated rings. The summed E-state index contributed by atoms with van der Waals surface area (Å²) in [4.78, 5) is 23.1. The molecule has 3 aliphatic rings. The van der Waals surface area contributed by atoms with Gasteiger partial charge in [-0.3, -0.25) is 9.69 Å². The van der Waals surface area contributed by atoms with Crippen molar-refractivity contribution in [1.29, 1.82) is 0 Å². The van der Waals surface area contributed by atoms with Crippen LogP contribution in [0.2, 0.25) is 0 Å². The Morgan fingerprint density at radius 3 is 2.55 bits per heavy atom. The molecule has 2 aromatic rings. The van der Waals surface area contributed by atoms with E-state index in [4.69, 9.17) is 9.72 Å². The number of nitrogens with one attached hydrogen (secondary N) is 1. The normalized spacial score (nSPS) is 25.5. The molecule has 0 aromatic carbocycles. The average molecular weight is 418 g/mol. The van der Waals surface area contributed by atoms with Gasteiger partial charge in [0.2, 0.25) is 17.8 Å². The van der Waals surface area contributed by atoms with Crippen LogP contribution in [0.15, 0.2) is 18.2 Å². The fourth-order valence-electron chi connectivity index (χ4n) is 4.05. The Balaban J connectivity index is 1.55. The van der Waals surface area contributed by atoms with Crippen molar-refractivity contribution < 1.29 is 18.3 Å². The number of nitrogens with zero attached hydrogens (tertiary/aromatic N) is 3. The number of pyridine rings is 1. The first-order valence-electron chi connectivity index (χ1n) is 9.56. The topological polar surface area (TPSA) is 67.4 Å². The Kier molecular flexibility index (Phi) is 4.22. The molecule has 1 saturated carbocycles. The zero-order valence-corrected chi connectivity index (χ0v) is 16.9. The Morgan fingerprint density at radius 1 is 1.31 bits per heavy atom. The van der Waals surface area contributed by atoms with Gasteiger partial charge in [0.1, 0.15) is 5.69 Å². The summed E-state index contributed by atoms with van der Waals surface area (Å²) >= 11 is 1.32. The number of fused-ring (bicyclic) bond motifs is 1. The van der Waals surface area contributed by atoms with Gasteiger partial charge in [0.15, 0.2) is 5.13 Å². The molecule has 1 aliphatic carbocycles. The van der Waals surface area contributed by atoms with Gasteiger partial charge < -0.3 is 10.1 Å². The Hall–Kier alpha value is -2.39. The highest BCUT2D eigenvalue weighted by Crippen LogP contribution is 2.49. The van der Waals surface area contributed by atoms with E-state index < -0.39 is 11.9 Å². The Labute approximate surface area is 170 Å². The zero-order valence-electron chi connectivity index (χ0n) is 16.0. The van der Waals surface area contributed by atoms with Gasteiger partial charge in [0.05, 0.1) is 30.5 Å². The molecular formula is C20H20F2N4O2S. The number of aryl methyl sites for hydroxylation is 1. The van der Waals surface area contributed by atoms with E-state index >= 15 is 0 Å². The number of hydrogen-bond acceptors (Lipinski definition) is 6. The SMILES string of the molecule is Cc1sc(N(C(=O)C2COC2)c2cc(F)nc(F)c2)nc1C1=CC2(C)CCC2N1. The average Bonchev–Trinajstić information content (AvgIpc) is 3.05. The lowest BCUT2D eigenvalue weighted by Crippen LogP contribution is -2.44. The highest BCUT2D eigenvalue weighted by molar-refractivity contribution is 7.16. The molecule has 6 nitrogen and oxygen atoms in total. The number of thiazole rings is 1. The van der Waals surface area contributed by atoms with E-state index in [0.717, 1.165) is 41.2 Å². The number of carbonyl (C=O) groups excluding carboxylic acids is 1. The van der Waals surface area contributed by atoms with E-state index in [-0.39, 0.29) is 36.1 Å². The van der Waals surface area contributed by atoms with Crippen molar-refractivity contribution in [1.82, 2.24) is 15.3 Å². The fraction of sp³-hybridized carbons (Fsp3) is 0.450. The van der Waals surface area contributed by atoms with E-state index in [2.05, 4.69) is 23.3 Å². The first kappa shape index (κ1) is 18.6. The minimum Gasteiger partial charge on any atom is -0.380 e. The number of hydrogen-bond donors (Lipinski definition) is 1. The molecule has 0 bridgehead atoms. The van der Waals surface area contributed by atoms with Crippen molar-refractivity contribution in [3.63, 3.8) is 0 Å². The molecule has 0 radical (unpaired) electrons. The monoisotopic (exact) mass is 418 g/mol. The second kappa shape index (κ2) is 6.56. The molecule has 1 N–H and O–H groups in total. The summed E-state index contributed by atoms with van der Waals surface area (Å²) in [5, 5.41) is 3.91. The van der Waals surface area contributed by atoms with Gasteiger partial charge in [-0.25, -0.2) is 4.98 Å². The molecule has 9 heteroatoms. The lowest BCUT2D eigenvalue weighted by atomic mass is 9.67. The van der Waals surface area contributed by atoms with Crippen LogP contribution in [0.1, 0.15) is 30.3 Å². The van der Waals surface area contributed by atoms with Gasteiger partial charge in [-0.2, -0.15) is 13.8 Å². The van der Waals surface area contributed by atoms with Gasteiger partial charge >= 0.3 is 0 Å². The van der Waals surface area contributed by atoms with Crippen LogP contribution in [-0.2, 0) is 9.53 Å². The van der Waals surface area contributed by atoms with Crippen molar-refractivity contribution in [2.24, 2.45) is 11.3 Å². The van der Waals surface area contributed by atoms with Crippen molar-refractivity contribution >= 4 is 33.8 Å². The summed E-state index contributed by atoms with van der Waals surface area (Å²) < 4.78 is 32.7. The zero-order chi connectivity index (χ0) is 20.3. The number of ether oxygens (including phenoxy) is 1. The largest absolute Gasteiger partial charge is 0.380 e. The van der Waals surface area contributed by atoms with Crippen molar-refractivity contribution in [3.05, 3.63) is 40.7 Å². The van der Waals surface area contributed by atoms with Gasteiger partial charge in [0.25, 0.3) is 0 Å². The summed E-state index contributed by atoms with van der Waals surface area (Å²) in [6.45, 7) is 4.73. The van der Waals surface area contributed by atoms with E-state index in [9.17, 15) is 13.6 Å². The number of carbonyl (C=O) groups is 1. The van der Waals surface area contributed by atoms with Crippen LogP contribution in [0.4, 0.5) is 19.6 Å². The smallest absolute Gasteiger partial charge is 0.241 e. The summed E-state index contributed by atoms with van der Waals surface area (Å²) in [7, 11) is 0.